The van der Waals surface area contributed by atoms with Gasteiger partial charge in [0.25, 0.3) is 0 Å². The van der Waals surface area contributed by atoms with Gasteiger partial charge in [0, 0.05) is 61.0 Å². The predicted molar refractivity (Wildman–Crippen MR) is 129 cm³/mol. The molecular weight excluding hydrogens is 511 g/mol. The van der Waals surface area contributed by atoms with Gasteiger partial charge in [-0.05, 0) is 36.0 Å². The van der Waals surface area contributed by atoms with Crippen LogP contribution >= 0.6 is 22.6 Å². The Hall–Kier alpha value is -2.10. The fourth-order valence-electron chi connectivity index (χ4n) is 3.94. The number of hydrogen-bond donors (Lipinski definition) is 0. The molecular formula is C23H26F2IN5. The van der Waals surface area contributed by atoms with E-state index in [1.165, 1.54) is 28.7 Å². The molecule has 0 radical (unpaired) electrons. The average molecular weight is 537 g/mol. The number of benzene rings is 1. The summed E-state index contributed by atoms with van der Waals surface area (Å²) in [7, 11) is 1.87. The van der Waals surface area contributed by atoms with Crippen LogP contribution in [0.4, 0.5) is 20.5 Å². The van der Waals surface area contributed by atoms with Gasteiger partial charge >= 0.3 is 3.93 Å². The molecule has 0 N–H and O–H groups in total. The molecule has 8 heteroatoms. The van der Waals surface area contributed by atoms with E-state index in [0.29, 0.717) is 34.9 Å². The molecule has 1 aromatic carbocycles. The van der Waals surface area contributed by atoms with E-state index < -0.39 is 3.93 Å². The first-order chi connectivity index (χ1) is 14.6. The second-order valence-electron chi connectivity index (χ2n) is 8.88. The molecule has 0 amide bonds. The minimum absolute atomic E-state index is 0.0254. The average Bonchev–Trinajstić information content (AvgIpc) is 2.72. The van der Waals surface area contributed by atoms with Crippen LogP contribution < -0.4 is 9.80 Å². The third-order valence-corrected chi connectivity index (χ3v) is 6.51. The minimum Gasteiger partial charge on any atom is -0.355 e. The first kappa shape index (κ1) is 22.1. The summed E-state index contributed by atoms with van der Waals surface area (Å²) in [5.74, 6) is 1.35. The topological polar surface area (TPSA) is 45.2 Å². The Bertz CT molecular complexity index is 1070. The van der Waals surface area contributed by atoms with E-state index in [0.717, 1.165) is 31.3 Å². The molecule has 1 aliphatic rings. The van der Waals surface area contributed by atoms with Crippen LogP contribution in [0, 0.1) is 5.41 Å². The van der Waals surface area contributed by atoms with E-state index in [9.17, 15) is 8.78 Å². The van der Waals surface area contributed by atoms with Crippen molar-refractivity contribution in [3.05, 3.63) is 53.7 Å². The molecule has 1 aliphatic heterocycles. The van der Waals surface area contributed by atoms with Gasteiger partial charge in [0.15, 0.2) is 5.65 Å². The van der Waals surface area contributed by atoms with Gasteiger partial charge in [-0.1, -0.05) is 38.1 Å². The third-order valence-electron chi connectivity index (χ3n) is 5.93. The van der Waals surface area contributed by atoms with Crippen LogP contribution in [0.15, 0.2) is 42.6 Å². The summed E-state index contributed by atoms with van der Waals surface area (Å²) in [6.07, 6.45) is 3.86. The summed E-state index contributed by atoms with van der Waals surface area (Å²) in [6.45, 7) is 6.65. The number of aromatic nitrogens is 3. The van der Waals surface area contributed by atoms with Crippen molar-refractivity contribution >= 4 is 45.4 Å². The van der Waals surface area contributed by atoms with E-state index >= 15 is 0 Å². The number of piperidine rings is 1. The van der Waals surface area contributed by atoms with Gasteiger partial charge in [-0.3, -0.25) is 0 Å². The lowest BCUT2D eigenvalue weighted by Crippen LogP contribution is -2.38. The number of fused-ring (bicyclic) bond motifs is 1. The summed E-state index contributed by atoms with van der Waals surface area (Å²) in [6, 6.07) is 10.4. The molecule has 4 rings (SSSR count). The Morgan fingerprint density at radius 2 is 1.81 bits per heavy atom. The van der Waals surface area contributed by atoms with Crippen LogP contribution in [-0.4, -0.2) is 35.1 Å². The largest absolute Gasteiger partial charge is 0.355 e. The lowest BCUT2D eigenvalue weighted by atomic mass is 9.83. The zero-order chi connectivity index (χ0) is 22.2. The molecule has 0 aliphatic carbocycles. The standard InChI is InChI=1S/C23H26F2IN5/c1-22(2)10-13-31(14-11-22)21-28-19-17(8-6-12-27-19)20(29-21)30(3)15-16-7-4-5-9-18(16)23(24,25)26/h4-9,12H,10-11,13-15H2,1-3H3. The maximum Gasteiger partial charge on any atom is 0.321 e. The molecule has 5 nitrogen and oxygen atoms in total. The van der Waals surface area contributed by atoms with Gasteiger partial charge in [-0.25, -0.2) is 4.98 Å². The molecule has 3 heterocycles. The van der Waals surface area contributed by atoms with Gasteiger partial charge in [-0.2, -0.15) is 18.7 Å². The number of anilines is 2. The Morgan fingerprint density at radius 3 is 2.52 bits per heavy atom. The van der Waals surface area contributed by atoms with E-state index in [2.05, 4.69) is 23.7 Å². The van der Waals surface area contributed by atoms with Crippen molar-refractivity contribution in [1.82, 2.24) is 15.0 Å². The highest BCUT2D eigenvalue weighted by molar-refractivity contribution is 14.1. The van der Waals surface area contributed by atoms with E-state index in [4.69, 9.17) is 9.97 Å². The molecule has 1 fully saturated rings. The SMILES string of the molecule is CN(Cc1ccccc1C(F)(F)I)c1nc(N2CCC(C)(C)CC2)nc2ncccc12. The van der Waals surface area contributed by atoms with Gasteiger partial charge < -0.3 is 9.80 Å². The van der Waals surface area contributed by atoms with Crippen LogP contribution in [0.3, 0.4) is 0 Å². The minimum atomic E-state index is -2.93. The summed E-state index contributed by atoms with van der Waals surface area (Å²) in [5, 5.41) is 0.810. The zero-order valence-corrected chi connectivity index (χ0v) is 20.1. The van der Waals surface area contributed by atoms with Crippen molar-refractivity contribution in [3.63, 3.8) is 0 Å². The van der Waals surface area contributed by atoms with Crippen molar-refractivity contribution < 1.29 is 8.78 Å². The van der Waals surface area contributed by atoms with Gasteiger partial charge in [-0.15, -0.1) is 0 Å². The van der Waals surface area contributed by atoms with E-state index in [-0.39, 0.29) is 5.56 Å². The van der Waals surface area contributed by atoms with Crippen LogP contribution in [0.1, 0.15) is 37.8 Å². The number of alkyl halides is 3. The smallest absolute Gasteiger partial charge is 0.321 e. The molecule has 31 heavy (non-hydrogen) atoms. The predicted octanol–water partition coefficient (Wildman–Crippen LogP) is 5.77. The molecule has 3 aromatic rings. The number of halogens is 3. The van der Waals surface area contributed by atoms with Gasteiger partial charge in [0.05, 0.1) is 5.39 Å². The fourth-order valence-corrected chi connectivity index (χ4v) is 4.47. The van der Waals surface area contributed by atoms with Crippen LogP contribution in [-0.2, 0) is 10.5 Å². The first-order valence-electron chi connectivity index (χ1n) is 10.4. The molecule has 164 valence electrons. The maximum atomic E-state index is 14.1. The molecule has 1 saturated heterocycles. The Morgan fingerprint density at radius 1 is 1.10 bits per heavy atom. The molecule has 0 saturated carbocycles. The quantitative estimate of drug-likeness (QED) is 0.306. The second kappa shape index (κ2) is 8.44. The zero-order valence-electron chi connectivity index (χ0n) is 17.9. The molecule has 0 bridgehead atoms. The Labute approximate surface area is 195 Å². The van der Waals surface area contributed by atoms with Gasteiger partial charge in [0.2, 0.25) is 5.95 Å². The number of nitrogens with zero attached hydrogens (tertiary/aromatic N) is 5. The maximum absolute atomic E-state index is 14.1. The summed E-state index contributed by atoms with van der Waals surface area (Å²) in [5.41, 5.74) is 1.53. The van der Waals surface area contributed by atoms with Crippen LogP contribution in [0.25, 0.3) is 11.0 Å². The van der Waals surface area contributed by atoms with Gasteiger partial charge in [0.1, 0.15) is 5.82 Å². The molecule has 0 spiro atoms. The number of pyridine rings is 1. The highest BCUT2D eigenvalue weighted by Gasteiger charge is 2.30. The van der Waals surface area contributed by atoms with E-state index in [1.54, 1.807) is 24.4 Å². The monoisotopic (exact) mass is 537 g/mol. The van der Waals surface area contributed by atoms with Crippen molar-refractivity contribution in [2.75, 3.05) is 29.9 Å². The Kier molecular flexibility index (Phi) is 6.02. The second-order valence-corrected chi connectivity index (χ2v) is 10.2. The lowest BCUT2D eigenvalue weighted by Gasteiger charge is -2.37. The van der Waals surface area contributed by atoms with Crippen molar-refractivity contribution in [1.29, 1.82) is 0 Å². The van der Waals surface area contributed by atoms with Crippen molar-refractivity contribution in [2.24, 2.45) is 5.41 Å². The molecule has 2 aromatic heterocycles. The first-order valence-corrected chi connectivity index (χ1v) is 11.5. The summed E-state index contributed by atoms with van der Waals surface area (Å²) < 4.78 is 25.3. The molecule has 0 unspecified atom stereocenters. The number of rotatable bonds is 5. The fraction of sp³-hybridized carbons (Fsp3) is 0.435. The van der Waals surface area contributed by atoms with Crippen LogP contribution in [0.2, 0.25) is 0 Å². The molecule has 0 atom stereocenters. The lowest BCUT2D eigenvalue weighted by molar-refractivity contribution is 0.126. The highest BCUT2D eigenvalue weighted by Crippen LogP contribution is 2.38. The van der Waals surface area contributed by atoms with E-state index in [1.807, 2.05) is 24.1 Å². The van der Waals surface area contributed by atoms with Crippen molar-refractivity contribution in [3.8, 4) is 0 Å². The normalized spacial score (nSPS) is 16.5. The Balaban J connectivity index is 1.70. The third kappa shape index (κ3) is 4.88. The summed E-state index contributed by atoms with van der Waals surface area (Å²) in [4.78, 5) is 18.1. The van der Waals surface area contributed by atoms with Crippen LogP contribution in [0.5, 0.6) is 0 Å². The summed E-state index contributed by atoms with van der Waals surface area (Å²) >= 11 is 1.19. The van der Waals surface area contributed by atoms with Crippen molar-refractivity contribution in [2.45, 2.75) is 37.2 Å². The highest BCUT2D eigenvalue weighted by atomic mass is 127. The number of hydrogen-bond acceptors (Lipinski definition) is 5.